The first-order valence-electron chi connectivity index (χ1n) is 8.20. The first kappa shape index (κ1) is 17.8. The Balaban J connectivity index is 1.73. The number of methoxy groups -OCH3 is 3. The van der Waals surface area contributed by atoms with Crippen LogP contribution in [0.15, 0.2) is 12.1 Å². The summed E-state index contributed by atoms with van der Waals surface area (Å²) in [4.78, 5) is 14.6. The van der Waals surface area contributed by atoms with Crippen LogP contribution < -0.4 is 14.2 Å². The average molecular weight is 351 g/mol. The molecule has 138 valence electrons. The van der Waals surface area contributed by atoms with Gasteiger partial charge < -0.3 is 28.6 Å². The molecule has 0 aromatic heterocycles. The molecule has 2 fully saturated rings. The van der Waals surface area contributed by atoms with Gasteiger partial charge in [0.15, 0.2) is 17.3 Å². The fraction of sp³-hybridized carbons (Fsp3) is 0.611. The monoisotopic (exact) mass is 351 g/mol. The third-order valence-electron chi connectivity index (χ3n) is 4.70. The van der Waals surface area contributed by atoms with Crippen LogP contribution in [0.25, 0.3) is 0 Å². The molecule has 7 heteroatoms. The largest absolute Gasteiger partial charge is 0.493 e. The van der Waals surface area contributed by atoms with Gasteiger partial charge in [-0.1, -0.05) is 0 Å². The molecule has 0 aliphatic carbocycles. The lowest BCUT2D eigenvalue weighted by Crippen LogP contribution is -2.65. The molecule has 1 amide bonds. The predicted octanol–water partition coefficient (Wildman–Crippen LogP) is 1.94. The second kappa shape index (κ2) is 6.38. The van der Waals surface area contributed by atoms with Gasteiger partial charge in [0.05, 0.1) is 40.0 Å². The topological polar surface area (TPSA) is 66.5 Å². The van der Waals surface area contributed by atoms with Gasteiger partial charge in [-0.3, -0.25) is 4.79 Å². The number of hydrogen-bond donors (Lipinski definition) is 0. The van der Waals surface area contributed by atoms with Crippen LogP contribution in [0.5, 0.6) is 17.2 Å². The summed E-state index contributed by atoms with van der Waals surface area (Å²) in [7, 11) is 4.59. The first-order valence-corrected chi connectivity index (χ1v) is 8.20. The van der Waals surface area contributed by atoms with Crippen LogP contribution in [0.2, 0.25) is 0 Å². The van der Waals surface area contributed by atoms with Crippen LogP contribution in [0.3, 0.4) is 0 Å². The van der Waals surface area contributed by atoms with Crippen LogP contribution in [-0.2, 0) is 9.47 Å². The van der Waals surface area contributed by atoms with Gasteiger partial charge in [0.2, 0.25) is 5.75 Å². The zero-order valence-electron chi connectivity index (χ0n) is 15.4. The molecule has 2 saturated heterocycles. The van der Waals surface area contributed by atoms with Gasteiger partial charge in [-0.2, -0.15) is 0 Å². The quantitative estimate of drug-likeness (QED) is 0.826. The maximum absolute atomic E-state index is 12.8. The molecular weight excluding hydrogens is 326 g/mol. The molecule has 7 nitrogen and oxygen atoms in total. The number of ether oxygens (including phenoxy) is 5. The molecule has 25 heavy (non-hydrogen) atoms. The Morgan fingerprint density at radius 1 is 1.00 bits per heavy atom. The average Bonchev–Trinajstić information content (AvgIpc) is 2.58. The Morgan fingerprint density at radius 2 is 1.52 bits per heavy atom. The standard InChI is InChI=1S/C18H25NO6/c1-17(2)24-10-18(11-25-17)8-19(9-18)16(20)12-6-13(21-3)15(23-5)14(7-12)22-4/h6-7H,8-11H2,1-5H3. The second-order valence-corrected chi connectivity index (χ2v) is 7.05. The number of carbonyl (C=O) groups excluding carboxylic acids is 1. The molecule has 1 aromatic rings. The van der Waals surface area contributed by atoms with Gasteiger partial charge in [-0.05, 0) is 26.0 Å². The van der Waals surface area contributed by atoms with Crippen LogP contribution >= 0.6 is 0 Å². The lowest BCUT2D eigenvalue weighted by Gasteiger charge is -2.54. The zero-order valence-corrected chi connectivity index (χ0v) is 15.4. The highest BCUT2D eigenvalue weighted by atomic mass is 16.7. The SMILES string of the molecule is COc1cc(C(=O)N2CC3(COC(C)(C)OC3)C2)cc(OC)c1OC. The van der Waals surface area contributed by atoms with Crippen molar-refractivity contribution >= 4 is 5.91 Å². The van der Waals surface area contributed by atoms with E-state index in [0.717, 1.165) is 0 Å². The van der Waals surface area contributed by atoms with Gasteiger partial charge in [0.25, 0.3) is 5.91 Å². The van der Waals surface area contributed by atoms with E-state index >= 15 is 0 Å². The van der Waals surface area contributed by atoms with E-state index in [-0.39, 0.29) is 11.3 Å². The Kier molecular flexibility index (Phi) is 4.55. The summed E-state index contributed by atoms with van der Waals surface area (Å²) >= 11 is 0. The van der Waals surface area contributed by atoms with Crippen molar-refractivity contribution in [3.8, 4) is 17.2 Å². The molecule has 0 atom stereocenters. The van der Waals surface area contributed by atoms with Crippen molar-refractivity contribution in [2.24, 2.45) is 5.41 Å². The summed E-state index contributed by atoms with van der Waals surface area (Å²) in [6.45, 7) is 6.21. The molecule has 0 radical (unpaired) electrons. The first-order chi connectivity index (χ1) is 11.8. The highest BCUT2D eigenvalue weighted by Crippen LogP contribution is 2.41. The van der Waals surface area contributed by atoms with E-state index in [9.17, 15) is 4.79 Å². The fourth-order valence-electron chi connectivity index (χ4n) is 3.21. The molecule has 0 unspecified atom stereocenters. The van der Waals surface area contributed by atoms with E-state index in [2.05, 4.69) is 0 Å². The maximum atomic E-state index is 12.8. The maximum Gasteiger partial charge on any atom is 0.254 e. The van der Waals surface area contributed by atoms with E-state index in [1.165, 1.54) is 21.3 Å². The van der Waals surface area contributed by atoms with Gasteiger partial charge in [0, 0.05) is 18.7 Å². The molecule has 2 aliphatic rings. The van der Waals surface area contributed by atoms with Gasteiger partial charge >= 0.3 is 0 Å². The number of rotatable bonds is 4. The number of hydrogen-bond acceptors (Lipinski definition) is 6. The van der Waals surface area contributed by atoms with E-state index in [0.29, 0.717) is 49.1 Å². The number of likely N-dealkylation sites (tertiary alicyclic amines) is 1. The molecule has 1 aromatic carbocycles. The predicted molar refractivity (Wildman–Crippen MR) is 90.4 cm³/mol. The van der Waals surface area contributed by atoms with E-state index in [1.807, 2.05) is 13.8 Å². The number of carbonyl (C=O) groups is 1. The van der Waals surface area contributed by atoms with Crippen molar-refractivity contribution in [1.82, 2.24) is 4.90 Å². The molecule has 3 rings (SSSR count). The highest BCUT2D eigenvalue weighted by Gasteiger charge is 2.50. The van der Waals surface area contributed by atoms with Crippen LogP contribution in [0.1, 0.15) is 24.2 Å². The molecule has 0 N–H and O–H groups in total. The van der Waals surface area contributed by atoms with Gasteiger partial charge in [0.1, 0.15) is 0 Å². The summed E-state index contributed by atoms with van der Waals surface area (Å²) < 4.78 is 27.4. The second-order valence-electron chi connectivity index (χ2n) is 7.05. The minimum absolute atomic E-state index is 0.0743. The highest BCUT2D eigenvalue weighted by molar-refractivity contribution is 5.96. The molecule has 1 spiro atoms. The molecule has 2 aliphatic heterocycles. The zero-order chi connectivity index (χ0) is 18.2. The number of benzene rings is 1. The van der Waals surface area contributed by atoms with E-state index in [4.69, 9.17) is 23.7 Å². The summed E-state index contributed by atoms with van der Waals surface area (Å²) in [5.41, 5.74) is 0.397. The van der Waals surface area contributed by atoms with Crippen molar-refractivity contribution in [3.05, 3.63) is 17.7 Å². The summed E-state index contributed by atoms with van der Waals surface area (Å²) in [6.07, 6.45) is 0. The Morgan fingerprint density at radius 3 is 1.96 bits per heavy atom. The van der Waals surface area contributed by atoms with Crippen molar-refractivity contribution in [2.45, 2.75) is 19.6 Å². The number of nitrogens with zero attached hydrogens (tertiary/aromatic N) is 1. The van der Waals surface area contributed by atoms with Crippen molar-refractivity contribution in [2.75, 3.05) is 47.6 Å². The van der Waals surface area contributed by atoms with Gasteiger partial charge in [-0.25, -0.2) is 0 Å². The summed E-state index contributed by atoms with van der Waals surface area (Å²) in [6, 6.07) is 3.34. The fourth-order valence-corrected chi connectivity index (χ4v) is 3.21. The summed E-state index contributed by atoms with van der Waals surface area (Å²) in [5, 5.41) is 0. The lowest BCUT2D eigenvalue weighted by molar-refractivity contribution is -0.301. The van der Waals surface area contributed by atoms with Crippen LogP contribution in [0.4, 0.5) is 0 Å². The minimum Gasteiger partial charge on any atom is -0.493 e. The summed E-state index contributed by atoms with van der Waals surface area (Å²) in [5.74, 6) is 0.776. The molecule has 2 heterocycles. The smallest absolute Gasteiger partial charge is 0.254 e. The Bertz CT molecular complexity index is 629. The lowest BCUT2D eigenvalue weighted by atomic mass is 9.80. The molecule has 0 bridgehead atoms. The normalized spacial score (nSPS) is 20.8. The van der Waals surface area contributed by atoms with Crippen molar-refractivity contribution < 1.29 is 28.5 Å². The number of amides is 1. The van der Waals surface area contributed by atoms with E-state index < -0.39 is 5.79 Å². The third kappa shape index (κ3) is 3.26. The third-order valence-corrected chi connectivity index (χ3v) is 4.70. The molecular formula is C18H25NO6. The minimum atomic E-state index is -0.549. The van der Waals surface area contributed by atoms with Crippen LogP contribution in [0, 0.1) is 5.41 Å². The van der Waals surface area contributed by atoms with Crippen molar-refractivity contribution in [1.29, 1.82) is 0 Å². The van der Waals surface area contributed by atoms with E-state index in [1.54, 1.807) is 17.0 Å². The van der Waals surface area contributed by atoms with Crippen molar-refractivity contribution in [3.63, 3.8) is 0 Å². The Hall–Kier alpha value is -1.99. The van der Waals surface area contributed by atoms with Gasteiger partial charge in [-0.15, -0.1) is 0 Å². The van der Waals surface area contributed by atoms with Crippen LogP contribution in [-0.4, -0.2) is 64.2 Å². The Labute approximate surface area is 147 Å². The molecule has 0 saturated carbocycles.